The molecule has 1 aromatic carbocycles. The standard InChI is InChI=1S/C15H23N/c1-13-7-10-16(11-8-13)12-9-15-6-4-3-5-14(15)2/h3-6,13H,7-12H2,1-2H3. The zero-order valence-corrected chi connectivity index (χ0v) is 10.6. The van der Waals surface area contributed by atoms with Gasteiger partial charge in [-0.15, -0.1) is 0 Å². The third kappa shape index (κ3) is 3.08. The van der Waals surface area contributed by atoms with Crippen LogP contribution in [-0.4, -0.2) is 24.5 Å². The van der Waals surface area contributed by atoms with Crippen molar-refractivity contribution in [1.29, 1.82) is 0 Å². The van der Waals surface area contributed by atoms with Gasteiger partial charge in [0.1, 0.15) is 0 Å². The minimum atomic E-state index is 0.940. The molecule has 16 heavy (non-hydrogen) atoms. The van der Waals surface area contributed by atoms with E-state index in [1.165, 1.54) is 50.0 Å². The van der Waals surface area contributed by atoms with Crippen molar-refractivity contribution in [2.24, 2.45) is 5.92 Å². The number of hydrogen-bond donors (Lipinski definition) is 0. The predicted molar refractivity (Wildman–Crippen MR) is 69.7 cm³/mol. The number of rotatable bonds is 3. The molecule has 88 valence electrons. The molecule has 0 N–H and O–H groups in total. The second-order valence-corrected chi connectivity index (χ2v) is 5.20. The molecule has 0 unspecified atom stereocenters. The summed E-state index contributed by atoms with van der Waals surface area (Å²) in [6.07, 6.45) is 3.97. The number of hydrogen-bond acceptors (Lipinski definition) is 1. The van der Waals surface area contributed by atoms with Crippen molar-refractivity contribution in [3.63, 3.8) is 0 Å². The van der Waals surface area contributed by atoms with Crippen LogP contribution in [0.3, 0.4) is 0 Å². The summed E-state index contributed by atoms with van der Waals surface area (Å²) < 4.78 is 0. The van der Waals surface area contributed by atoms with E-state index in [4.69, 9.17) is 0 Å². The Balaban J connectivity index is 1.81. The first-order valence-corrected chi connectivity index (χ1v) is 6.52. The molecule has 0 bridgehead atoms. The molecule has 1 nitrogen and oxygen atoms in total. The Labute approximate surface area is 99.5 Å². The molecule has 0 amide bonds. The average molecular weight is 217 g/mol. The van der Waals surface area contributed by atoms with Gasteiger partial charge in [-0.2, -0.15) is 0 Å². The highest BCUT2D eigenvalue weighted by Crippen LogP contribution is 2.16. The van der Waals surface area contributed by atoms with Gasteiger partial charge in [-0.3, -0.25) is 0 Å². The maximum Gasteiger partial charge on any atom is 0.00219 e. The summed E-state index contributed by atoms with van der Waals surface area (Å²) in [6.45, 7) is 8.42. The Bertz CT molecular complexity index is 324. The van der Waals surface area contributed by atoms with Crippen LogP contribution in [0.2, 0.25) is 0 Å². The van der Waals surface area contributed by atoms with E-state index in [-0.39, 0.29) is 0 Å². The van der Waals surface area contributed by atoms with E-state index in [1.54, 1.807) is 0 Å². The minimum Gasteiger partial charge on any atom is -0.303 e. The van der Waals surface area contributed by atoms with Crippen molar-refractivity contribution in [2.75, 3.05) is 19.6 Å². The van der Waals surface area contributed by atoms with Crippen LogP contribution in [0.25, 0.3) is 0 Å². The molecule has 1 heterocycles. The lowest BCUT2D eigenvalue weighted by molar-refractivity contribution is 0.194. The van der Waals surface area contributed by atoms with Gasteiger partial charge < -0.3 is 4.90 Å². The topological polar surface area (TPSA) is 3.24 Å². The first-order chi connectivity index (χ1) is 7.75. The third-order valence-corrected chi connectivity index (χ3v) is 3.83. The van der Waals surface area contributed by atoms with Crippen molar-refractivity contribution in [1.82, 2.24) is 4.90 Å². The number of likely N-dealkylation sites (tertiary alicyclic amines) is 1. The lowest BCUT2D eigenvalue weighted by Gasteiger charge is -2.30. The van der Waals surface area contributed by atoms with Gasteiger partial charge in [-0.1, -0.05) is 31.2 Å². The summed E-state index contributed by atoms with van der Waals surface area (Å²) in [5.74, 6) is 0.940. The quantitative estimate of drug-likeness (QED) is 0.751. The average Bonchev–Trinajstić information content (AvgIpc) is 2.30. The summed E-state index contributed by atoms with van der Waals surface area (Å²) in [7, 11) is 0. The highest BCUT2D eigenvalue weighted by molar-refractivity contribution is 5.25. The largest absolute Gasteiger partial charge is 0.303 e. The third-order valence-electron chi connectivity index (χ3n) is 3.83. The van der Waals surface area contributed by atoms with E-state index in [0.29, 0.717) is 0 Å². The van der Waals surface area contributed by atoms with Crippen LogP contribution >= 0.6 is 0 Å². The summed E-state index contributed by atoms with van der Waals surface area (Å²) in [6, 6.07) is 8.76. The van der Waals surface area contributed by atoms with Crippen molar-refractivity contribution in [3.8, 4) is 0 Å². The van der Waals surface area contributed by atoms with Gasteiger partial charge in [0.15, 0.2) is 0 Å². The van der Waals surface area contributed by atoms with Crippen LogP contribution in [0, 0.1) is 12.8 Å². The van der Waals surface area contributed by atoms with Gasteiger partial charge in [0.2, 0.25) is 0 Å². The summed E-state index contributed by atoms with van der Waals surface area (Å²) in [4.78, 5) is 2.62. The molecular weight excluding hydrogens is 194 g/mol. The first-order valence-electron chi connectivity index (χ1n) is 6.52. The summed E-state index contributed by atoms with van der Waals surface area (Å²) in [5.41, 5.74) is 2.95. The molecule has 1 fully saturated rings. The second kappa shape index (κ2) is 5.49. The second-order valence-electron chi connectivity index (χ2n) is 5.20. The monoisotopic (exact) mass is 217 g/mol. The number of aryl methyl sites for hydroxylation is 1. The van der Waals surface area contributed by atoms with Gasteiger partial charge >= 0.3 is 0 Å². The number of benzene rings is 1. The lowest BCUT2D eigenvalue weighted by Crippen LogP contribution is -2.34. The fourth-order valence-corrected chi connectivity index (χ4v) is 2.45. The zero-order chi connectivity index (χ0) is 11.4. The molecule has 0 aromatic heterocycles. The number of nitrogens with zero attached hydrogens (tertiary/aromatic N) is 1. The molecule has 1 heteroatoms. The van der Waals surface area contributed by atoms with Crippen LogP contribution in [0.1, 0.15) is 30.9 Å². The lowest BCUT2D eigenvalue weighted by atomic mass is 9.98. The SMILES string of the molecule is Cc1ccccc1CCN1CCC(C)CC1. The summed E-state index contributed by atoms with van der Waals surface area (Å²) >= 11 is 0. The van der Waals surface area contributed by atoms with Crippen LogP contribution in [0.5, 0.6) is 0 Å². The molecular formula is C15H23N. The highest BCUT2D eigenvalue weighted by atomic mass is 15.1. The molecule has 0 spiro atoms. The maximum atomic E-state index is 2.62. The summed E-state index contributed by atoms with van der Waals surface area (Å²) in [5, 5.41) is 0. The van der Waals surface area contributed by atoms with Gasteiger partial charge in [0.05, 0.1) is 0 Å². The number of piperidine rings is 1. The fourth-order valence-electron chi connectivity index (χ4n) is 2.45. The Hall–Kier alpha value is -0.820. The molecule has 1 aliphatic heterocycles. The van der Waals surface area contributed by atoms with E-state index in [9.17, 15) is 0 Å². The zero-order valence-electron chi connectivity index (χ0n) is 10.6. The molecule has 1 aromatic rings. The van der Waals surface area contributed by atoms with Gasteiger partial charge in [-0.25, -0.2) is 0 Å². The molecule has 0 radical (unpaired) electrons. The molecule has 0 aliphatic carbocycles. The smallest absolute Gasteiger partial charge is 0.00219 e. The van der Waals surface area contributed by atoms with Crippen molar-refractivity contribution < 1.29 is 0 Å². The predicted octanol–water partition coefficient (Wildman–Crippen LogP) is 3.27. The Kier molecular flexibility index (Phi) is 4.00. The van der Waals surface area contributed by atoms with Crippen LogP contribution in [-0.2, 0) is 6.42 Å². The van der Waals surface area contributed by atoms with Gasteiger partial charge in [0, 0.05) is 6.54 Å². The molecule has 0 saturated carbocycles. The van der Waals surface area contributed by atoms with E-state index < -0.39 is 0 Å². The van der Waals surface area contributed by atoms with Crippen LogP contribution < -0.4 is 0 Å². The highest BCUT2D eigenvalue weighted by Gasteiger charge is 2.15. The molecule has 1 saturated heterocycles. The molecule has 0 atom stereocenters. The normalized spacial score (nSPS) is 18.9. The van der Waals surface area contributed by atoms with E-state index in [2.05, 4.69) is 43.0 Å². The first kappa shape index (κ1) is 11.7. The van der Waals surface area contributed by atoms with Crippen LogP contribution in [0.15, 0.2) is 24.3 Å². The van der Waals surface area contributed by atoms with Crippen molar-refractivity contribution >= 4 is 0 Å². The Morgan fingerprint density at radius 1 is 1.19 bits per heavy atom. The van der Waals surface area contributed by atoms with Gasteiger partial charge in [-0.05, 0) is 56.3 Å². The van der Waals surface area contributed by atoms with E-state index >= 15 is 0 Å². The van der Waals surface area contributed by atoms with E-state index in [0.717, 1.165) is 5.92 Å². The van der Waals surface area contributed by atoms with Crippen molar-refractivity contribution in [3.05, 3.63) is 35.4 Å². The molecule has 2 rings (SSSR count). The van der Waals surface area contributed by atoms with Crippen molar-refractivity contribution in [2.45, 2.75) is 33.1 Å². The van der Waals surface area contributed by atoms with Gasteiger partial charge in [0.25, 0.3) is 0 Å². The van der Waals surface area contributed by atoms with E-state index in [1.807, 2.05) is 0 Å². The minimum absolute atomic E-state index is 0.940. The fraction of sp³-hybridized carbons (Fsp3) is 0.600. The Morgan fingerprint density at radius 3 is 2.56 bits per heavy atom. The van der Waals surface area contributed by atoms with Crippen LogP contribution in [0.4, 0.5) is 0 Å². The Morgan fingerprint density at radius 2 is 1.88 bits per heavy atom. The molecule has 1 aliphatic rings. The maximum absolute atomic E-state index is 2.62.